The van der Waals surface area contributed by atoms with Crippen LogP contribution in [0.25, 0.3) is 11.1 Å². The molecular formula is C34H34ClN3O5S. The lowest BCUT2D eigenvalue weighted by Gasteiger charge is -2.30. The van der Waals surface area contributed by atoms with E-state index in [4.69, 9.17) is 21.4 Å². The van der Waals surface area contributed by atoms with E-state index in [0.717, 1.165) is 49.9 Å². The molecule has 1 N–H and O–H groups in total. The molecule has 1 aliphatic heterocycles. The number of nitrogens with zero attached hydrogens (tertiary/aromatic N) is 3. The van der Waals surface area contributed by atoms with Gasteiger partial charge in [-0.25, -0.2) is 0 Å². The third kappa shape index (κ3) is 7.89. The Morgan fingerprint density at radius 3 is 2.66 bits per heavy atom. The predicted octanol–water partition coefficient (Wildman–Crippen LogP) is 6.83. The summed E-state index contributed by atoms with van der Waals surface area (Å²) in [6.45, 7) is 3.54. The van der Waals surface area contributed by atoms with Crippen molar-refractivity contribution in [2.45, 2.75) is 50.5 Å². The lowest BCUT2D eigenvalue weighted by atomic mass is 10.0. The summed E-state index contributed by atoms with van der Waals surface area (Å²) in [5, 5.41) is 14.1. The number of fused-ring (bicyclic) bond motifs is 1. The van der Waals surface area contributed by atoms with Crippen LogP contribution in [-0.4, -0.2) is 51.5 Å². The van der Waals surface area contributed by atoms with Gasteiger partial charge in [0.05, 0.1) is 31.5 Å². The molecule has 0 atom stereocenters. The number of carboxylic acids is 1. The summed E-state index contributed by atoms with van der Waals surface area (Å²) in [7, 11) is 0. The molecule has 1 amide bonds. The number of aliphatic carboxylic acids is 1. The Morgan fingerprint density at radius 2 is 1.82 bits per heavy atom. The number of thioether (sulfide) groups is 1. The Balaban J connectivity index is 1.22. The topological polar surface area (TPSA) is 102 Å². The van der Waals surface area contributed by atoms with Gasteiger partial charge in [0.1, 0.15) is 11.5 Å². The fourth-order valence-corrected chi connectivity index (χ4v) is 6.51. The zero-order chi connectivity index (χ0) is 31.1. The van der Waals surface area contributed by atoms with Crippen molar-refractivity contribution in [1.29, 1.82) is 0 Å². The Morgan fingerprint density at radius 1 is 1.02 bits per heavy atom. The van der Waals surface area contributed by atoms with Gasteiger partial charge in [-0.2, -0.15) is 5.10 Å². The predicted molar refractivity (Wildman–Crippen MR) is 173 cm³/mol. The van der Waals surface area contributed by atoms with E-state index in [1.807, 2.05) is 83.5 Å². The van der Waals surface area contributed by atoms with Crippen LogP contribution in [0.5, 0.6) is 5.75 Å². The van der Waals surface area contributed by atoms with E-state index in [0.29, 0.717) is 37.6 Å². The minimum Gasteiger partial charge on any atom is -0.493 e. The number of rotatable bonds is 13. The van der Waals surface area contributed by atoms with Crippen LogP contribution >= 0.6 is 23.4 Å². The molecule has 0 aliphatic carbocycles. The molecule has 4 aromatic rings. The fraction of sp³-hybridized carbons (Fsp3) is 0.294. The number of carbonyl (C=O) groups excluding carboxylic acids is 2. The number of anilines is 1. The molecule has 0 unspecified atom stereocenters. The second-order valence-electron chi connectivity index (χ2n) is 10.7. The van der Waals surface area contributed by atoms with Crippen LogP contribution in [0.2, 0.25) is 5.02 Å². The van der Waals surface area contributed by atoms with E-state index in [1.165, 1.54) is 0 Å². The van der Waals surface area contributed by atoms with Gasteiger partial charge in [0, 0.05) is 64.4 Å². The highest BCUT2D eigenvalue weighted by Gasteiger charge is 2.25. The maximum absolute atomic E-state index is 13.3. The van der Waals surface area contributed by atoms with Crippen molar-refractivity contribution in [3.05, 3.63) is 94.8 Å². The molecule has 1 aliphatic rings. The summed E-state index contributed by atoms with van der Waals surface area (Å²) in [5.74, 6) is 0.564. The summed E-state index contributed by atoms with van der Waals surface area (Å²) in [4.78, 5) is 39.2. The zero-order valence-electron chi connectivity index (χ0n) is 24.5. The quantitative estimate of drug-likeness (QED) is 0.161. The average Bonchev–Trinajstić information content (AvgIpc) is 3.47. The Labute approximate surface area is 266 Å². The smallest absolute Gasteiger partial charge is 0.303 e. The molecule has 10 heteroatoms. The minimum atomic E-state index is -0.968. The molecule has 0 fully saturated rings. The summed E-state index contributed by atoms with van der Waals surface area (Å²) in [6.07, 6.45) is 4.92. The lowest BCUT2D eigenvalue weighted by molar-refractivity contribution is -0.138. The van der Waals surface area contributed by atoms with E-state index in [9.17, 15) is 14.4 Å². The minimum absolute atomic E-state index is 0.0304. The van der Waals surface area contributed by atoms with Gasteiger partial charge in [-0.05, 0) is 42.7 Å². The molecule has 228 valence electrons. The Kier molecular flexibility index (Phi) is 10.4. The van der Waals surface area contributed by atoms with Crippen molar-refractivity contribution < 1.29 is 24.2 Å². The van der Waals surface area contributed by atoms with Gasteiger partial charge >= 0.3 is 5.97 Å². The van der Waals surface area contributed by atoms with Crippen LogP contribution in [-0.2, 0) is 27.3 Å². The van der Waals surface area contributed by atoms with Gasteiger partial charge < -0.3 is 14.7 Å². The number of carboxylic acid groups (broad SMARTS) is 1. The van der Waals surface area contributed by atoms with Gasteiger partial charge in [0.15, 0.2) is 0 Å². The number of hydrogen-bond acceptors (Lipinski definition) is 6. The Hall–Kier alpha value is -4.08. The monoisotopic (exact) mass is 631 g/mol. The van der Waals surface area contributed by atoms with Crippen LogP contribution in [0.15, 0.2) is 78.0 Å². The van der Waals surface area contributed by atoms with Crippen molar-refractivity contribution in [2.75, 3.05) is 23.8 Å². The van der Waals surface area contributed by atoms with E-state index in [-0.39, 0.29) is 31.0 Å². The van der Waals surface area contributed by atoms with E-state index < -0.39 is 5.97 Å². The first-order valence-electron chi connectivity index (χ1n) is 14.6. The summed E-state index contributed by atoms with van der Waals surface area (Å²) >= 11 is 7.94. The van der Waals surface area contributed by atoms with Crippen molar-refractivity contribution in [1.82, 2.24) is 9.78 Å². The van der Waals surface area contributed by atoms with E-state index >= 15 is 0 Å². The zero-order valence-corrected chi connectivity index (χ0v) is 26.1. The van der Waals surface area contributed by atoms with Crippen molar-refractivity contribution in [2.24, 2.45) is 0 Å². The highest BCUT2D eigenvalue weighted by molar-refractivity contribution is 7.99. The Bertz CT molecular complexity index is 1670. The molecule has 3 aromatic carbocycles. The molecule has 5 rings (SSSR count). The van der Waals surface area contributed by atoms with Crippen molar-refractivity contribution >= 4 is 46.7 Å². The van der Waals surface area contributed by atoms with Crippen LogP contribution in [0.3, 0.4) is 0 Å². The maximum atomic E-state index is 13.3. The highest BCUT2D eigenvalue weighted by Crippen LogP contribution is 2.42. The summed E-state index contributed by atoms with van der Waals surface area (Å²) in [5.41, 5.74) is 5.67. The lowest BCUT2D eigenvalue weighted by Crippen LogP contribution is -2.35. The molecule has 0 spiro atoms. The molecular weight excluding hydrogens is 598 g/mol. The maximum Gasteiger partial charge on any atom is 0.303 e. The first-order valence-corrected chi connectivity index (χ1v) is 15.9. The van der Waals surface area contributed by atoms with Gasteiger partial charge in [-0.1, -0.05) is 54.1 Å². The normalized spacial score (nSPS) is 12.5. The van der Waals surface area contributed by atoms with Crippen LogP contribution < -0.4 is 9.64 Å². The largest absolute Gasteiger partial charge is 0.493 e. The van der Waals surface area contributed by atoms with Gasteiger partial charge in [-0.15, -0.1) is 11.8 Å². The van der Waals surface area contributed by atoms with Gasteiger partial charge in [0.2, 0.25) is 5.91 Å². The number of hydrogen-bond donors (Lipinski definition) is 1. The number of halogens is 1. The number of ether oxygens (including phenoxy) is 1. The second-order valence-corrected chi connectivity index (χ2v) is 12.2. The number of benzene rings is 3. The molecule has 0 saturated carbocycles. The van der Waals surface area contributed by atoms with Crippen molar-refractivity contribution in [3.8, 4) is 16.9 Å². The molecule has 8 nitrogen and oxygen atoms in total. The number of aromatic nitrogens is 2. The fourth-order valence-electron chi connectivity index (χ4n) is 5.20. The first-order chi connectivity index (χ1) is 21.3. The highest BCUT2D eigenvalue weighted by atomic mass is 35.5. The molecule has 0 bridgehead atoms. The number of ketones is 1. The first kappa shape index (κ1) is 31.3. The van der Waals surface area contributed by atoms with Crippen LogP contribution in [0.4, 0.5) is 5.69 Å². The molecule has 0 radical (unpaired) electrons. The van der Waals surface area contributed by atoms with Gasteiger partial charge in [0.25, 0.3) is 0 Å². The average molecular weight is 632 g/mol. The van der Waals surface area contributed by atoms with E-state index in [2.05, 4.69) is 11.2 Å². The standard InChI is InChI=1S/C34H34ClN3O5S/c1-23-29(35)9-4-11-31(23)43-16-5-12-32(40)38-15-17-44-34-28(8-3-10-30(34)38)26-20-36-37(22-26)21-25-7-2-6-24(18-25)19-27(39)13-14-33(41)42/h2-4,6-11,18,20,22H,5,12-17,19,21H2,1H3,(H,41,42). The molecule has 2 heterocycles. The number of Topliss-reactive ketones (excluding diaryl/α,β-unsaturated/α-hetero) is 1. The van der Waals surface area contributed by atoms with Crippen LogP contribution in [0, 0.1) is 6.92 Å². The molecule has 0 saturated heterocycles. The number of carbonyl (C=O) groups is 3. The summed E-state index contributed by atoms with van der Waals surface area (Å²) in [6, 6.07) is 19.3. The van der Waals surface area contributed by atoms with Crippen LogP contribution in [0.1, 0.15) is 42.4 Å². The van der Waals surface area contributed by atoms with Gasteiger partial charge in [-0.3, -0.25) is 19.1 Å². The number of amides is 1. The SMILES string of the molecule is Cc1c(Cl)cccc1OCCCC(=O)N1CCSc2c(-c3cnn(Cc4cccc(CC(=O)CCC(=O)O)c4)c3)cccc21. The van der Waals surface area contributed by atoms with E-state index in [1.54, 1.807) is 11.8 Å². The van der Waals surface area contributed by atoms with Crippen molar-refractivity contribution in [3.63, 3.8) is 0 Å². The molecule has 44 heavy (non-hydrogen) atoms. The summed E-state index contributed by atoms with van der Waals surface area (Å²) < 4.78 is 7.74. The third-order valence-electron chi connectivity index (χ3n) is 7.46. The molecule has 1 aromatic heterocycles. The third-order valence-corrected chi connectivity index (χ3v) is 8.97. The second kappa shape index (κ2) is 14.6.